The molecule has 8 atom stereocenters. The lowest BCUT2D eigenvalue weighted by atomic mass is 9.99. The van der Waals surface area contributed by atoms with E-state index in [1.165, 1.54) is 173 Å². The molecule has 11 nitrogen and oxygen atoms in total. The van der Waals surface area contributed by atoms with E-state index in [-0.39, 0.29) is 19.4 Å². The number of esters is 1. The molecule has 1 aliphatic heterocycles. The van der Waals surface area contributed by atoms with E-state index in [0.717, 1.165) is 44.9 Å². The Morgan fingerprint density at radius 1 is 0.557 bits per heavy atom. The van der Waals surface area contributed by atoms with Crippen LogP contribution >= 0.6 is 0 Å². The van der Waals surface area contributed by atoms with Gasteiger partial charge in [-0.15, -0.1) is 0 Å². The van der Waals surface area contributed by atoms with Gasteiger partial charge in [0.25, 0.3) is 0 Å². The van der Waals surface area contributed by atoms with Gasteiger partial charge in [-0.05, 0) is 38.5 Å². The van der Waals surface area contributed by atoms with E-state index in [0.29, 0.717) is 12.8 Å². The fraction of sp³-hybridized carbons (Fsp3) is 0.864. The van der Waals surface area contributed by atoms with Crippen LogP contribution in [0.15, 0.2) is 36.5 Å². The molecule has 0 saturated carbocycles. The van der Waals surface area contributed by atoms with Crippen molar-refractivity contribution in [3.05, 3.63) is 36.5 Å². The van der Waals surface area contributed by atoms with E-state index in [1.807, 2.05) is 12.2 Å². The quantitative estimate of drug-likeness (QED) is 0.0195. The summed E-state index contributed by atoms with van der Waals surface area (Å²) in [5.74, 6) is -1.26. The molecule has 0 aromatic rings. The van der Waals surface area contributed by atoms with E-state index in [4.69, 9.17) is 14.2 Å². The number of unbranched alkanes of at least 4 members (excludes halogenated alkanes) is 32. The first-order valence-electron chi connectivity index (χ1n) is 29.3. The van der Waals surface area contributed by atoms with Crippen molar-refractivity contribution in [3.8, 4) is 0 Å². The van der Waals surface area contributed by atoms with Crippen molar-refractivity contribution in [2.24, 2.45) is 0 Å². The zero-order valence-electron chi connectivity index (χ0n) is 45.1. The molecule has 0 aromatic heterocycles. The van der Waals surface area contributed by atoms with Crippen LogP contribution in [0, 0.1) is 0 Å². The Balaban J connectivity index is 2.73. The average Bonchev–Trinajstić information content (AvgIpc) is 3.36. The lowest BCUT2D eigenvalue weighted by Crippen LogP contribution is -2.61. The van der Waals surface area contributed by atoms with Gasteiger partial charge in [0.15, 0.2) is 12.4 Å². The Morgan fingerprint density at radius 2 is 0.986 bits per heavy atom. The van der Waals surface area contributed by atoms with Crippen molar-refractivity contribution in [2.45, 2.75) is 314 Å². The maximum Gasteiger partial charge on any atom is 0.306 e. The minimum absolute atomic E-state index is 0.0841. The molecule has 8 unspecified atom stereocenters. The topological polar surface area (TPSA) is 175 Å². The van der Waals surface area contributed by atoms with Crippen LogP contribution in [-0.2, 0) is 23.8 Å². The predicted molar refractivity (Wildman–Crippen MR) is 287 cm³/mol. The van der Waals surface area contributed by atoms with Crippen molar-refractivity contribution in [1.29, 1.82) is 0 Å². The van der Waals surface area contributed by atoms with E-state index < -0.39 is 67.4 Å². The lowest BCUT2D eigenvalue weighted by molar-refractivity contribution is -0.305. The Kier molecular flexibility index (Phi) is 45.1. The minimum atomic E-state index is -1.62. The molecule has 0 bridgehead atoms. The second-order valence-electron chi connectivity index (χ2n) is 20.4. The number of nitrogens with one attached hydrogen (secondary N) is 1. The van der Waals surface area contributed by atoms with Crippen molar-refractivity contribution >= 4 is 11.9 Å². The highest BCUT2D eigenvalue weighted by Gasteiger charge is 2.47. The van der Waals surface area contributed by atoms with E-state index in [2.05, 4.69) is 38.2 Å². The summed E-state index contributed by atoms with van der Waals surface area (Å²) < 4.78 is 17.6. The molecule has 1 heterocycles. The van der Waals surface area contributed by atoms with E-state index in [9.17, 15) is 35.1 Å². The number of aliphatic hydroxyl groups excluding tert-OH is 5. The summed E-state index contributed by atoms with van der Waals surface area (Å²) in [5, 5.41) is 56.7. The number of amides is 1. The van der Waals surface area contributed by atoms with Crippen LogP contribution in [0.25, 0.3) is 0 Å². The van der Waals surface area contributed by atoms with Crippen LogP contribution in [-0.4, -0.2) is 99.6 Å². The molecule has 1 rings (SSSR count). The van der Waals surface area contributed by atoms with Crippen molar-refractivity contribution in [1.82, 2.24) is 5.32 Å². The molecule has 70 heavy (non-hydrogen) atoms. The van der Waals surface area contributed by atoms with Crippen LogP contribution in [0.4, 0.5) is 0 Å². The summed E-state index contributed by atoms with van der Waals surface area (Å²) in [7, 11) is 0. The largest absolute Gasteiger partial charge is 0.454 e. The van der Waals surface area contributed by atoms with Crippen LogP contribution < -0.4 is 5.32 Å². The first kappa shape index (κ1) is 65.9. The molecule has 0 aromatic carbocycles. The number of rotatable bonds is 49. The van der Waals surface area contributed by atoms with Crippen LogP contribution in [0.5, 0.6) is 0 Å². The molecular weight excluding hydrogens is 883 g/mol. The lowest BCUT2D eigenvalue weighted by Gasteiger charge is -2.41. The Bertz CT molecular complexity index is 1280. The van der Waals surface area contributed by atoms with Crippen molar-refractivity contribution in [2.75, 3.05) is 13.2 Å². The zero-order valence-corrected chi connectivity index (χ0v) is 45.1. The van der Waals surface area contributed by atoms with Gasteiger partial charge in [0.1, 0.15) is 24.4 Å². The van der Waals surface area contributed by atoms with Crippen LogP contribution in [0.1, 0.15) is 265 Å². The van der Waals surface area contributed by atoms with Gasteiger partial charge in [0, 0.05) is 12.8 Å². The summed E-state index contributed by atoms with van der Waals surface area (Å²) in [5.41, 5.74) is 0. The standard InChI is InChI=1S/C59H109NO10/c1-4-7-10-13-16-19-22-25-26-27-28-29-32-35-38-41-44-47-54(64)70-57-56(66)55(65)53(48-61)69-59(57)68-49-50(51(62)45-42-39-36-33-30-23-20-17-14-11-8-5-2)60-58(67)52(63)46-43-40-37-34-31-24-21-18-15-12-9-6-3/h31,34,40,42-43,45,50-53,55-57,59,61-63,65-66H,4-30,32-33,35-39,41,44,46-49H2,1-3H3,(H,60,67)/b34-31-,43-40+,45-42+. The highest BCUT2D eigenvalue weighted by Crippen LogP contribution is 2.26. The predicted octanol–water partition coefficient (Wildman–Crippen LogP) is 13.1. The fourth-order valence-corrected chi connectivity index (χ4v) is 9.11. The second kappa shape index (κ2) is 47.9. The average molecular weight is 993 g/mol. The molecule has 11 heteroatoms. The van der Waals surface area contributed by atoms with Gasteiger partial charge in [-0.2, -0.15) is 0 Å². The molecule has 6 N–H and O–H groups in total. The molecule has 1 saturated heterocycles. The Labute approximate surface area is 428 Å². The highest BCUT2D eigenvalue weighted by molar-refractivity contribution is 5.81. The number of ether oxygens (including phenoxy) is 3. The van der Waals surface area contributed by atoms with Gasteiger partial charge < -0.3 is 45.1 Å². The Morgan fingerprint density at radius 3 is 1.46 bits per heavy atom. The maximum atomic E-state index is 13.3. The molecule has 0 aliphatic carbocycles. The van der Waals surface area contributed by atoms with Gasteiger partial charge in [-0.1, -0.05) is 250 Å². The molecule has 0 spiro atoms. The molecule has 1 amide bonds. The molecule has 1 fully saturated rings. The minimum Gasteiger partial charge on any atom is -0.454 e. The molecule has 0 radical (unpaired) electrons. The fourth-order valence-electron chi connectivity index (χ4n) is 9.11. The monoisotopic (exact) mass is 992 g/mol. The molecule has 1 aliphatic rings. The summed E-state index contributed by atoms with van der Waals surface area (Å²) in [6, 6.07) is -1.05. The smallest absolute Gasteiger partial charge is 0.306 e. The molecular formula is C59H109NO10. The van der Waals surface area contributed by atoms with Crippen molar-refractivity contribution < 1.29 is 49.3 Å². The SMILES string of the molecule is CCCCCCCC/C=C\C/C=C/CC(O)C(=O)NC(COC1OC(CO)C(O)C(O)C1OC(=O)CCCCCCCCCCCCCCCCCCC)C(O)/C=C/CCCCCCCCCCCC. The number of carbonyl (C=O) groups is 2. The Hall–Kier alpha value is -2.12. The van der Waals surface area contributed by atoms with Gasteiger partial charge in [-0.3, -0.25) is 9.59 Å². The van der Waals surface area contributed by atoms with Gasteiger partial charge in [-0.25, -0.2) is 0 Å². The van der Waals surface area contributed by atoms with Crippen LogP contribution in [0.3, 0.4) is 0 Å². The van der Waals surface area contributed by atoms with Crippen molar-refractivity contribution in [3.63, 3.8) is 0 Å². The number of hydrogen-bond donors (Lipinski definition) is 6. The van der Waals surface area contributed by atoms with Crippen LogP contribution in [0.2, 0.25) is 0 Å². The third-order valence-electron chi connectivity index (χ3n) is 13.8. The third kappa shape index (κ3) is 35.9. The first-order valence-corrected chi connectivity index (χ1v) is 29.3. The number of aliphatic hydroxyl groups is 5. The zero-order chi connectivity index (χ0) is 51.1. The normalized spacial score (nSPS) is 19.9. The summed E-state index contributed by atoms with van der Waals surface area (Å²) in [6.45, 7) is 5.74. The van der Waals surface area contributed by atoms with Gasteiger partial charge in [0.2, 0.25) is 5.91 Å². The van der Waals surface area contributed by atoms with E-state index >= 15 is 0 Å². The molecule has 410 valence electrons. The van der Waals surface area contributed by atoms with Gasteiger partial charge >= 0.3 is 5.97 Å². The number of hydrogen-bond acceptors (Lipinski definition) is 10. The van der Waals surface area contributed by atoms with E-state index in [1.54, 1.807) is 12.2 Å². The van der Waals surface area contributed by atoms with Gasteiger partial charge in [0.05, 0.1) is 25.4 Å². The highest BCUT2D eigenvalue weighted by atomic mass is 16.7. The number of allylic oxidation sites excluding steroid dienone is 4. The second-order valence-corrected chi connectivity index (χ2v) is 20.4. The third-order valence-corrected chi connectivity index (χ3v) is 13.8. The summed E-state index contributed by atoms with van der Waals surface area (Å²) in [4.78, 5) is 26.4. The summed E-state index contributed by atoms with van der Waals surface area (Å²) in [6.07, 6.45) is 45.0. The number of carbonyl (C=O) groups excluding carboxylic acids is 2. The maximum absolute atomic E-state index is 13.3. The first-order chi connectivity index (χ1) is 34.2. The summed E-state index contributed by atoms with van der Waals surface area (Å²) >= 11 is 0.